The van der Waals surface area contributed by atoms with Crippen LogP contribution in [-0.2, 0) is 0 Å². The Morgan fingerprint density at radius 2 is 1.58 bits per heavy atom. The van der Waals surface area contributed by atoms with Crippen LogP contribution in [-0.4, -0.2) is 24.5 Å². The van der Waals surface area contributed by atoms with Gasteiger partial charge in [0, 0.05) is 30.3 Å². The van der Waals surface area contributed by atoms with E-state index in [1.807, 2.05) is 25.8 Å². The maximum atomic E-state index is 13.8. The van der Waals surface area contributed by atoms with Gasteiger partial charge in [-0.25, -0.2) is 13.2 Å². The molecule has 0 radical (unpaired) electrons. The Kier molecular flexibility index (Phi) is 5.82. The summed E-state index contributed by atoms with van der Waals surface area (Å²) < 4.78 is 40.1. The molecule has 1 aromatic carbocycles. The van der Waals surface area contributed by atoms with Crippen LogP contribution in [0.3, 0.4) is 0 Å². The zero-order valence-electron chi connectivity index (χ0n) is 11.6. The maximum Gasteiger partial charge on any atom is 0.161 e. The molecule has 0 saturated carbocycles. The molecule has 0 amide bonds. The van der Waals surface area contributed by atoms with Crippen LogP contribution in [0.25, 0.3) is 0 Å². The highest BCUT2D eigenvalue weighted by molar-refractivity contribution is 5.24. The van der Waals surface area contributed by atoms with Crippen LogP contribution in [0.2, 0.25) is 0 Å². The van der Waals surface area contributed by atoms with Crippen molar-refractivity contribution in [3.05, 3.63) is 35.1 Å². The second kappa shape index (κ2) is 6.91. The summed E-state index contributed by atoms with van der Waals surface area (Å²) in [6.07, 6.45) is 1.77. The van der Waals surface area contributed by atoms with Gasteiger partial charge in [0.25, 0.3) is 0 Å². The Balaban J connectivity index is 3.13. The lowest BCUT2D eigenvalue weighted by Gasteiger charge is -2.34. The number of rotatable bonds is 6. The molecule has 5 heteroatoms. The molecular weight excluding hydrogens is 253 g/mol. The van der Waals surface area contributed by atoms with Gasteiger partial charge in [0.05, 0.1) is 0 Å². The number of hydrogen-bond donors (Lipinski definition) is 1. The number of hydrogen-bond acceptors (Lipinski definition) is 2. The molecule has 0 spiro atoms. The van der Waals surface area contributed by atoms with E-state index in [1.54, 1.807) is 0 Å². The fourth-order valence-corrected chi connectivity index (χ4v) is 2.43. The number of likely N-dealkylation sites (N-methyl/N-ethyl adjacent to an activating group) is 1. The molecule has 19 heavy (non-hydrogen) atoms. The molecule has 1 atom stereocenters. The van der Waals surface area contributed by atoms with E-state index in [0.717, 1.165) is 18.9 Å². The molecule has 0 aliphatic heterocycles. The summed E-state index contributed by atoms with van der Waals surface area (Å²) in [7, 11) is 1.83. The lowest BCUT2D eigenvalue weighted by Crippen LogP contribution is -2.38. The van der Waals surface area contributed by atoms with E-state index in [4.69, 9.17) is 5.73 Å². The lowest BCUT2D eigenvalue weighted by atomic mass is 10.0. The molecule has 1 rings (SSSR count). The predicted molar refractivity (Wildman–Crippen MR) is 70.2 cm³/mol. The summed E-state index contributed by atoms with van der Waals surface area (Å²) in [6, 6.07) is 1.25. The summed E-state index contributed by atoms with van der Waals surface area (Å²) in [5.41, 5.74) is 5.79. The van der Waals surface area contributed by atoms with Crippen molar-refractivity contribution in [2.75, 3.05) is 13.6 Å². The van der Waals surface area contributed by atoms with Crippen molar-refractivity contribution in [1.29, 1.82) is 0 Å². The first-order valence-corrected chi connectivity index (χ1v) is 6.52. The number of nitrogens with two attached hydrogens (primary N) is 1. The molecule has 0 aliphatic rings. The molecule has 2 N–H and O–H groups in total. The van der Waals surface area contributed by atoms with Gasteiger partial charge < -0.3 is 5.73 Å². The lowest BCUT2D eigenvalue weighted by molar-refractivity contribution is 0.164. The first-order valence-electron chi connectivity index (χ1n) is 6.52. The van der Waals surface area contributed by atoms with Gasteiger partial charge in [0.2, 0.25) is 0 Å². The zero-order chi connectivity index (χ0) is 14.6. The number of nitrogens with zero attached hydrogens (tertiary/aromatic N) is 1. The Hall–Kier alpha value is -1.07. The normalized spacial score (nSPS) is 13.3. The molecule has 0 saturated heterocycles. The van der Waals surface area contributed by atoms with E-state index in [2.05, 4.69) is 0 Å². The van der Waals surface area contributed by atoms with Crippen molar-refractivity contribution in [1.82, 2.24) is 4.90 Å². The standard InChI is InChI=1S/C14H21F3N2/c1-4-9(5-2)19(3)14(8-18)10-6-12(16)13(17)7-11(10)15/h6-7,9,14H,4-5,8,18H2,1-3H3. The minimum Gasteiger partial charge on any atom is -0.329 e. The van der Waals surface area contributed by atoms with Gasteiger partial charge in [0.15, 0.2) is 11.6 Å². The third kappa shape index (κ3) is 3.48. The third-order valence-electron chi connectivity index (χ3n) is 3.63. The maximum absolute atomic E-state index is 13.8. The monoisotopic (exact) mass is 274 g/mol. The predicted octanol–water partition coefficient (Wildman–Crippen LogP) is 3.22. The van der Waals surface area contributed by atoms with Crippen LogP contribution < -0.4 is 5.73 Å². The second-order valence-corrected chi connectivity index (χ2v) is 4.68. The highest BCUT2D eigenvalue weighted by atomic mass is 19.2. The van der Waals surface area contributed by atoms with Crippen LogP contribution in [0.15, 0.2) is 12.1 Å². The molecular formula is C14H21F3N2. The Morgan fingerprint density at radius 3 is 2.05 bits per heavy atom. The molecule has 0 aromatic heterocycles. The van der Waals surface area contributed by atoms with Crippen molar-refractivity contribution in [3.8, 4) is 0 Å². The fourth-order valence-electron chi connectivity index (χ4n) is 2.43. The topological polar surface area (TPSA) is 29.3 Å². The smallest absolute Gasteiger partial charge is 0.161 e. The molecule has 2 nitrogen and oxygen atoms in total. The zero-order valence-corrected chi connectivity index (χ0v) is 11.6. The van der Waals surface area contributed by atoms with Crippen molar-refractivity contribution < 1.29 is 13.2 Å². The molecule has 0 aliphatic carbocycles. The number of benzene rings is 1. The van der Waals surface area contributed by atoms with Crippen molar-refractivity contribution in [2.24, 2.45) is 5.73 Å². The molecule has 0 fully saturated rings. The van der Waals surface area contributed by atoms with Crippen molar-refractivity contribution in [3.63, 3.8) is 0 Å². The number of halogens is 3. The van der Waals surface area contributed by atoms with E-state index in [-0.39, 0.29) is 18.2 Å². The van der Waals surface area contributed by atoms with E-state index in [0.29, 0.717) is 6.07 Å². The van der Waals surface area contributed by atoms with Crippen LogP contribution in [0.1, 0.15) is 38.3 Å². The van der Waals surface area contributed by atoms with E-state index in [9.17, 15) is 13.2 Å². The Labute approximate surface area is 112 Å². The van der Waals surface area contributed by atoms with E-state index >= 15 is 0 Å². The van der Waals surface area contributed by atoms with E-state index < -0.39 is 23.5 Å². The first-order chi connectivity index (χ1) is 8.96. The largest absolute Gasteiger partial charge is 0.329 e. The first kappa shape index (κ1) is 16.0. The molecule has 0 heterocycles. The van der Waals surface area contributed by atoms with Gasteiger partial charge in [0.1, 0.15) is 5.82 Å². The summed E-state index contributed by atoms with van der Waals surface area (Å²) in [5.74, 6) is -2.98. The third-order valence-corrected chi connectivity index (χ3v) is 3.63. The average Bonchev–Trinajstić information content (AvgIpc) is 2.38. The minimum absolute atomic E-state index is 0.107. The van der Waals surface area contributed by atoms with Gasteiger partial charge in [-0.1, -0.05) is 13.8 Å². The van der Waals surface area contributed by atoms with Crippen LogP contribution in [0.5, 0.6) is 0 Å². The quantitative estimate of drug-likeness (QED) is 0.807. The minimum atomic E-state index is -1.18. The van der Waals surface area contributed by atoms with Gasteiger partial charge in [-0.3, -0.25) is 4.90 Å². The summed E-state index contributed by atoms with van der Waals surface area (Å²) >= 11 is 0. The summed E-state index contributed by atoms with van der Waals surface area (Å²) in [4.78, 5) is 1.93. The van der Waals surface area contributed by atoms with Gasteiger partial charge >= 0.3 is 0 Å². The molecule has 1 unspecified atom stereocenters. The van der Waals surface area contributed by atoms with Gasteiger partial charge in [-0.15, -0.1) is 0 Å². The highest BCUT2D eigenvalue weighted by Crippen LogP contribution is 2.26. The fraction of sp³-hybridized carbons (Fsp3) is 0.571. The van der Waals surface area contributed by atoms with Gasteiger partial charge in [-0.05, 0) is 26.0 Å². The second-order valence-electron chi connectivity index (χ2n) is 4.68. The Bertz CT molecular complexity index is 419. The van der Waals surface area contributed by atoms with Crippen LogP contribution in [0, 0.1) is 17.5 Å². The summed E-state index contributed by atoms with van der Waals surface area (Å²) in [5, 5.41) is 0. The molecule has 108 valence electrons. The van der Waals surface area contributed by atoms with Gasteiger partial charge in [-0.2, -0.15) is 0 Å². The highest BCUT2D eigenvalue weighted by Gasteiger charge is 2.25. The van der Waals surface area contributed by atoms with Crippen molar-refractivity contribution in [2.45, 2.75) is 38.8 Å². The SMILES string of the molecule is CCC(CC)N(C)C(CN)c1cc(F)c(F)cc1F. The summed E-state index contributed by atoms with van der Waals surface area (Å²) in [6.45, 7) is 4.20. The molecule has 1 aromatic rings. The molecule has 0 bridgehead atoms. The van der Waals surface area contributed by atoms with Crippen LogP contribution in [0.4, 0.5) is 13.2 Å². The van der Waals surface area contributed by atoms with Crippen LogP contribution >= 0.6 is 0 Å². The Morgan fingerprint density at radius 1 is 1.05 bits per heavy atom. The average molecular weight is 274 g/mol. The van der Waals surface area contributed by atoms with Crippen molar-refractivity contribution >= 4 is 0 Å². The van der Waals surface area contributed by atoms with E-state index in [1.165, 1.54) is 0 Å².